The molecule has 0 spiro atoms. The van der Waals surface area contributed by atoms with Gasteiger partial charge in [-0.3, -0.25) is 4.99 Å². The van der Waals surface area contributed by atoms with Crippen molar-refractivity contribution in [1.29, 1.82) is 0 Å². The summed E-state index contributed by atoms with van der Waals surface area (Å²) in [6, 6.07) is 0. The molecule has 0 amide bonds. The average Bonchev–Trinajstić information content (AvgIpc) is 1.88. The smallest absolute Gasteiger partial charge is 0.0277 e. The molecule has 0 radical (unpaired) electrons. The fourth-order valence-corrected chi connectivity index (χ4v) is 0.645. The van der Waals surface area contributed by atoms with Crippen LogP contribution in [0.25, 0.3) is 0 Å². The molecule has 9 heavy (non-hydrogen) atoms. The highest BCUT2D eigenvalue weighted by Gasteiger charge is 1.86. The molecule has 0 rings (SSSR count). The molecule has 2 N–H and O–H groups in total. The summed E-state index contributed by atoms with van der Waals surface area (Å²) in [6.45, 7) is 2.12. The summed E-state index contributed by atoms with van der Waals surface area (Å²) in [4.78, 5) is 3.85. The fourth-order valence-electron chi connectivity index (χ4n) is 0.645. The average molecular weight is 126 g/mol. The standard InChI is InChI=1S/C7H14N2/c1-3-4-7(5-8)6-9-2/h5-6H,3-4,8H2,1-2H3/b7-5-,9-6-. The minimum absolute atomic E-state index is 1.02. The van der Waals surface area contributed by atoms with Gasteiger partial charge in [-0.25, -0.2) is 0 Å². The second-order valence-corrected chi connectivity index (χ2v) is 1.88. The lowest BCUT2D eigenvalue weighted by atomic mass is 10.2. The van der Waals surface area contributed by atoms with E-state index in [9.17, 15) is 0 Å². The Bertz CT molecular complexity index is 114. The molecule has 0 bridgehead atoms. The van der Waals surface area contributed by atoms with Gasteiger partial charge in [0.25, 0.3) is 0 Å². The van der Waals surface area contributed by atoms with E-state index in [2.05, 4.69) is 11.9 Å². The van der Waals surface area contributed by atoms with E-state index in [1.807, 2.05) is 0 Å². The van der Waals surface area contributed by atoms with Crippen LogP contribution in [-0.4, -0.2) is 13.3 Å². The number of allylic oxidation sites excluding steroid dienone is 1. The summed E-state index contributed by atoms with van der Waals surface area (Å²) < 4.78 is 0. The minimum Gasteiger partial charge on any atom is -0.404 e. The van der Waals surface area contributed by atoms with Crippen molar-refractivity contribution in [2.45, 2.75) is 19.8 Å². The Hall–Kier alpha value is -0.790. The summed E-state index contributed by atoms with van der Waals surface area (Å²) in [6.07, 6.45) is 5.54. The van der Waals surface area contributed by atoms with Gasteiger partial charge in [-0.05, 0) is 18.2 Å². The summed E-state index contributed by atoms with van der Waals surface area (Å²) in [5.74, 6) is 0. The van der Waals surface area contributed by atoms with Crippen LogP contribution in [0.3, 0.4) is 0 Å². The van der Waals surface area contributed by atoms with Crippen LogP contribution in [0, 0.1) is 0 Å². The third-order valence-corrected chi connectivity index (χ3v) is 1.05. The normalized spacial score (nSPS) is 12.9. The zero-order valence-corrected chi connectivity index (χ0v) is 6.09. The van der Waals surface area contributed by atoms with Gasteiger partial charge in [0.1, 0.15) is 0 Å². The molecular weight excluding hydrogens is 112 g/mol. The highest BCUT2D eigenvalue weighted by molar-refractivity contribution is 5.77. The summed E-state index contributed by atoms with van der Waals surface area (Å²) >= 11 is 0. The van der Waals surface area contributed by atoms with Crippen molar-refractivity contribution >= 4 is 6.21 Å². The lowest BCUT2D eigenvalue weighted by Crippen LogP contribution is -1.89. The minimum atomic E-state index is 1.02. The van der Waals surface area contributed by atoms with Gasteiger partial charge in [-0.1, -0.05) is 13.3 Å². The third-order valence-electron chi connectivity index (χ3n) is 1.05. The van der Waals surface area contributed by atoms with Crippen molar-refractivity contribution in [2.75, 3.05) is 7.05 Å². The summed E-state index contributed by atoms with van der Waals surface area (Å²) in [7, 11) is 1.75. The second kappa shape index (κ2) is 5.35. The first kappa shape index (κ1) is 8.21. The molecule has 0 aromatic carbocycles. The number of aliphatic imine (C=N–C) groups is 1. The monoisotopic (exact) mass is 126 g/mol. The number of nitrogens with zero attached hydrogens (tertiary/aromatic N) is 1. The molecule has 0 aliphatic rings. The topological polar surface area (TPSA) is 38.4 Å². The number of hydrogen-bond acceptors (Lipinski definition) is 2. The largest absolute Gasteiger partial charge is 0.404 e. The van der Waals surface area contributed by atoms with E-state index >= 15 is 0 Å². The van der Waals surface area contributed by atoms with Crippen molar-refractivity contribution in [2.24, 2.45) is 10.7 Å². The van der Waals surface area contributed by atoms with Crippen LogP contribution in [0.5, 0.6) is 0 Å². The van der Waals surface area contributed by atoms with Gasteiger partial charge >= 0.3 is 0 Å². The van der Waals surface area contributed by atoms with Gasteiger partial charge < -0.3 is 5.73 Å². The second-order valence-electron chi connectivity index (χ2n) is 1.88. The number of rotatable bonds is 3. The fraction of sp³-hybridized carbons (Fsp3) is 0.571. The van der Waals surface area contributed by atoms with Crippen molar-refractivity contribution in [1.82, 2.24) is 0 Å². The molecule has 0 saturated heterocycles. The van der Waals surface area contributed by atoms with E-state index in [1.54, 1.807) is 19.5 Å². The molecule has 0 atom stereocenters. The van der Waals surface area contributed by atoms with Crippen molar-refractivity contribution in [3.8, 4) is 0 Å². The first-order valence-corrected chi connectivity index (χ1v) is 3.18. The van der Waals surface area contributed by atoms with Crippen LogP contribution in [0.15, 0.2) is 16.8 Å². The lowest BCUT2D eigenvalue weighted by Gasteiger charge is -1.93. The van der Waals surface area contributed by atoms with E-state index < -0.39 is 0 Å². The van der Waals surface area contributed by atoms with Gasteiger partial charge in [0.15, 0.2) is 0 Å². The van der Waals surface area contributed by atoms with Crippen molar-refractivity contribution < 1.29 is 0 Å². The molecule has 2 heteroatoms. The maximum Gasteiger partial charge on any atom is 0.0277 e. The Kier molecular flexibility index (Phi) is 4.88. The van der Waals surface area contributed by atoms with E-state index in [4.69, 9.17) is 5.73 Å². The van der Waals surface area contributed by atoms with E-state index in [0.717, 1.165) is 18.4 Å². The maximum atomic E-state index is 5.29. The summed E-state index contributed by atoms with van der Waals surface area (Å²) in [5, 5.41) is 0. The molecule has 52 valence electrons. The van der Waals surface area contributed by atoms with E-state index in [0.29, 0.717) is 0 Å². The summed E-state index contributed by atoms with van der Waals surface area (Å²) in [5.41, 5.74) is 6.40. The SMILES string of the molecule is CCCC(/C=N\C)=C/N. The number of nitrogens with two attached hydrogens (primary N) is 1. The van der Waals surface area contributed by atoms with Crippen LogP contribution in [-0.2, 0) is 0 Å². The van der Waals surface area contributed by atoms with Crippen LogP contribution in [0.4, 0.5) is 0 Å². The van der Waals surface area contributed by atoms with E-state index in [1.165, 1.54) is 0 Å². The Morgan fingerprint density at radius 3 is 2.67 bits per heavy atom. The molecule has 0 saturated carbocycles. The molecule has 0 fully saturated rings. The first-order valence-electron chi connectivity index (χ1n) is 3.18. The predicted molar refractivity (Wildman–Crippen MR) is 41.6 cm³/mol. The molecule has 0 aromatic heterocycles. The Morgan fingerprint density at radius 1 is 1.67 bits per heavy atom. The molecule has 0 aliphatic carbocycles. The Labute approximate surface area is 56.5 Å². The quantitative estimate of drug-likeness (QED) is 0.569. The molecule has 0 unspecified atom stereocenters. The van der Waals surface area contributed by atoms with Crippen LogP contribution >= 0.6 is 0 Å². The zero-order chi connectivity index (χ0) is 7.11. The highest BCUT2D eigenvalue weighted by Crippen LogP contribution is 1.98. The number of hydrogen-bond donors (Lipinski definition) is 1. The van der Waals surface area contributed by atoms with Gasteiger partial charge in [-0.15, -0.1) is 0 Å². The van der Waals surface area contributed by atoms with E-state index in [-0.39, 0.29) is 0 Å². The molecule has 0 aromatic rings. The van der Waals surface area contributed by atoms with Crippen LogP contribution < -0.4 is 5.73 Å². The van der Waals surface area contributed by atoms with Gasteiger partial charge in [-0.2, -0.15) is 0 Å². The molecule has 0 heterocycles. The van der Waals surface area contributed by atoms with Gasteiger partial charge in [0, 0.05) is 13.3 Å². The van der Waals surface area contributed by atoms with Gasteiger partial charge in [0.2, 0.25) is 0 Å². The molecular formula is C7H14N2. The third kappa shape index (κ3) is 3.76. The Morgan fingerprint density at radius 2 is 2.33 bits per heavy atom. The predicted octanol–water partition coefficient (Wildman–Crippen LogP) is 1.33. The van der Waals surface area contributed by atoms with Crippen LogP contribution in [0.2, 0.25) is 0 Å². The first-order chi connectivity index (χ1) is 4.35. The highest BCUT2D eigenvalue weighted by atomic mass is 14.6. The van der Waals surface area contributed by atoms with Crippen molar-refractivity contribution in [3.63, 3.8) is 0 Å². The molecule has 0 aliphatic heterocycles. The zero-order valence-electron chi connectivity index (χ0n) is 6.09. The maximum absolute atomic E-state index is 5.29. The lowest BCUT2D eigenvalue weighted by molar-refractivity contribution is 0.935. The Balaban J connectivity index is 3.70. The molecule has 2 nitrogen and oxygen atoms in total. The van der Waals surface area contributed by atoms with Crippen LogP contribution in [0.1, 0.15) is 19.8 Å². The van der Waals surface area contributed by atoms with Gasteiger partial charge in [0.05, 0.1) is 0 Å². The van der Waals surface area contributed by atoms with Crippen molar-refractivity contribution in [3.05, 3.63) is 11.8 Å².